The van der Waals surface area contributed by atoms with E-state index < -0.39 is 0 Å². The first-order valence-corrected chi connectivity index (χ1v) is 12.0. The highest BCUT2D eigenvalue weighted by Crippen LogP contribution is 2.27. The topological polar surface area (TPSA) is 69.7 Å². The van der Waals surface area contributed by atoms with Gasteiger partial charge < -0.3 is 15.1 Å². The molecule has 1 N–H and O–H groups in total. The number of amides is 3. The van der Waals surface area contributed by atoms with Crippen LogP contribution in [0.25, 0.3) is 0 Å². The number of carbonyl (C=O) groups is 3. The van der Waals surface area contributed by atoms with Gasteiger partial charge in [-0.2, -0.15) is 0 Å². The van der Waals surface area contributed by atoms with Gasteiger partial charge in [0.1, 0.15) is 0 Å². The standard InChI is InChI=1S/C24H34ClN3O3/c25-21-11-9-20(10-12-21)24(31)26-14-4-7-22(29)27-15-17-28(18-16-27)23(30)13-8-19-5-2-1-3-6-19/h9-12,19H,1-8,13-18H2,(H,26,31). The molecule has 2 fully saturated rings. The smallest absolute Gasteiger partial charge is 0.251 e. The molecule has 1 heterocycles. The van der Waals surface area contributed by atoms with E-state index in [0.717, 1.165) is 12.3 Å². The number of benzene rings is 1. The van der Waals surface area contributed by atoms with Crippen LogP contribution in [0.15, 0.2) is 24.3 Å². The summed E-state index contributed by atoms with van der Waals surface area (Å²) in [6.07, 6.45) is 9.16. The molecule has 3 amide bonds. The molecule has 170 valence electrons. The molecule has 1 aliphatic heterocycles. The number of carbonyl (C=O) groups excluding carboxylic acids is 3. The van der Waals surface area contributed by atoms with Crippen LogP contribution in [0.4, 0.5) is 0 Å². The van der Waals surface area contributed by atoms with E-state index in [9.17, 15) is 14.4 Å². The summed E-state index contributed by atoms with van der Waals surface area (Å²) in [6.45, 7) is 2.91. The van der Waals surface area contributed by atoms with E-state index in [0.29, 0.717) is 62.6 Å². The molecule has 0 radical (unpaired) electrons. The maximum absolute atomic E-state index is 12.5. The van der Waals surface area contributed by atoms with E-state index in [2.05, 4.69) is 5.32 Å². The first-order valence-electron chi connectivity index (χ1n) is 11.6. The zero-order valence-electron chi connectivity index (χ0n) is 18.3. The number of piperazine rings is 1. The third kappa shape index (κ3) is 7.53. The van der Waals surface area contributed by atoms with Crippen LogP contribution >= 0.6 is 11.6 Å². The highest BCUT2D eigenvalue weighted by Gasteiger charge is 2.24. The number of nitrogens with one attached hydrogen (secondary N) is 1. The third-order valence-corrected chi connectivity index (χ3v) is 6.69. The number of nitrogens with zero attached hydrogens (tertiary/aromatic N) is 2. The van der Waals surface area contributed by atoms with Crippen molar-refractivity contribution in [3.63, 3.8) is 0 Å². The average molecular weight is 448 g/mol. The van der Waals surface area contributed by atoms with Crippen molar-refractivity contribution in [1.29, 1.82) is 0 Å². The Balaban J connectivity index is 1.28. The Morgan fingerprint density at radius 3 is 2.06 bits per heavy atom. The van der Waals surface area contributed by atoms with E-state index in [1.807, 2.05) is 9.80 Å². The Morgan fingerprint density at radius 1 is 0.871 bits per heavy atom. The van der Waals surface area contributed by atoms with Crippen molar-refractivity contribution >= 4 is 29.3 Å². The molecular weight excluding hydrogens is 414 g/mol. The van der Waals surface area contributed by atoms with E-state index in [-0.39, 0.29) is 17.7 Å². The van der Waals surface area contributed by atoms with Crippen molar-refractivity contribution in [3.05, 3.63) is 34.9 Å². The van der Waals surface area contributed by atoms with E-state index in [4.69, 9.17) is 11.6 Å². The van der Waals surface area contributed by atoms with Crippen LogP contribution < -0.4 is 5.32 Å². The molecule has 0 unspecified atom stereocenters. The molecule has 0 atom stereocenters. The van der Waals surface area contributed by atoms with Gasteiger partial charge in [0.2, 0.25) is 11.8 Å². The molecular formula is C24H34ClN3O3. The Labute approximate surface area is 190 Å². The third-order valence-electron chi connectivity index (χ3n) is 6.44. The first-order chi connectivity index (χ1) is 15.0. The van der Waals surface area contributed by atoms with Crippen molar-refractivity contribution in [2.75, 3.05) is 32.7 Å². The van der Waals surface area contributed by atoms with Gasteiger partial charge in [0.25, 0.3) is 5.91 Å². The summed E-state index contributed by atoms with van der Waals surface area (Å²) in [5, 5.41) is 3.42. The molecule has 6 nitrogen and oxygen atoms in total. The maximum Gasteiger partial charge on any atom is 0.251 e. The van der Waals surface area contributed by atoms with Gasteiger partial charge in [-0.1, -0.05) is 43.7 Å². The van der Waals surface area contributed by atoms with Gasteiger partial charge >= 0.3 is 0 Å². The quantitative estimate of drug-likeness (QED) is 0.615. The van der Waals surface area contributed by atoms with Gasteiger partial charge in [0.15, 0.2) is 0 Å². The minimum absolute atomic E-state index is 0.0926. The number of rotatable bonds is 8. The van der Waals surface area contributed by atoms with Crippen LogP contribution in [0.2, 0.25) is 5.02 Å². The molecule has 31 heavy (non-hydrogen) atoms. The number of hydrogen-bond acceptors (Lipinski definition) is 3. The molecule has 0 bridgehead atoms. The van der Waals surface area contributed by atoms with Crippen molar-refractivity contribution in [3.8, 4) is 0 Å². The molecule has 1 saturated carbocycles. The fraction of sp³-hybridized carbons (Fsp3) is 0.625. The lowest BCUT2D eigenvalue weighted by Crippen LogP contribution is -2.50. The van der Waals surface area contributed by atoms with Crippen LogP contribution in [0.5, 0.6) is 0 Å². The molecule has 1 saturated heterocycles. The molecule has 0 spiro atoms. The van der Waals surface area contributed by atoms with E-state index in [1.165, 1.54) is 32.1 Å². The molecule has 1 aliphatic carbocycles. The lowest BCUT2D eigenvalue weighted by Gasteiger charge is -2.35. The summed E-state index contributed by atoms with van der Waals surface area (Å²) in [4.78, 5) is 40.8. The summed E-state index contributed by atoms with van der Waals surface area (Å²) < 4.78 is 0. The Bertz CT molecular complexity index is 739. The van der Waals surface area contributed by atoms with Crippen LogP contribution in [0.1, 0.15) is 68.1 Å². The van der Waals surface area contributed by atoms with Crippen molar-refractivity contribution < 1.29 is 14.4 Å². The Morgan fingerprint density at radius 2 is 1.45 bits per heavy atom. The summed E-state index contributed by atoms with van der Waals surface area (Å²) in [7, 11) is 0. The highest BCUT2D eigenvalue weighted by molar-refractivity contribution is 6.30. The SMILES string of the molecule is O=C(NCCCC(=O)N1CCN(C(=O)CCC2CCCCC2)CC1)c1ccc(Cl)cc1. The monoisotopic (exact) mass is 447 g/mol. The van der Waals surface area contributed by atoms with Crippen LogP contribution in [-0.4, -0.2) is 60.2 Å². The zero-order chi connectivity index (χ0) is 22.1. The minimum Gasteiger partial charge on any atom is -0.352 e. The summed E-state index contributed by atoms with van der Waals surface area (Å²) in [5.41, 5.74) is 0.556. The summed E-state index contributed by atoms with van der Waals surface area (Å²) in [6, 6.07) is 6.72. The normalized spacial score (nSPS) is 17.5. The summed E-state index contributed by atoms with van der Waals surface area (Å²) >= 11 is 5.83. The molecule has 3 rings (SSSR count). The summed E-state index contributed by atoms with van der Waals surface area (Å²) in [5.74, 6) is 0.892. The van der Waals surface area contributed by atoms with Crippen molar-refractivity contribution in [2.45, 2.75) is 57.8 Å². The average Bonchev–Trinajstić information content (AvgIpc) is 2.81. The van der Waals surface area contributed by atoms with Crippen LogP contribution in [0, 0.1) is 5.92 Å². The van der Waals surface area contributed by atoms with Gasteiger partial charge in [-0.05, 0) is 43.0 Å². The predicted octanol–water partition coefficient (Wildman–Crippen LogP) is 3.88. The lowest BCUT2D eigenvalue weighted by atomic mass is 9.86. The highest BCUT2D eigenvalue weighted by atomic mass is 35.5. The van der Waals surface area contributed by atoms with Crippen molar-refractivity contribution in [2.24, 2.45) is 5.92 Å². The Hall–Kier alpha value is -2.08. The fourth-order valence-corrected chi connectivity index (χ4v) is 4.60. The zero-order valence-corrected chi connectivity index (χ0v) is 19.0. The predicted molar refractivity (Wildman–Crippen MR) is 122 cm³/mol. The van der Waals surface area contributed by atoms with Crippen molar-refractivity contribution in [1.82, 2.24) is 15.1 Å². The largest absolute Gasteiger partial charge is 0.352 e. The van der Waals surface area contributed by atoms with Gasteiger partial charge in [-0.15, -0.1) is 0 Å². The van der Waals surface area contributed by atoms with Gasteiger partial charge in [-0.3, -0.25) is 14.4 Å². The first kappa shape index (κ1) is 23.6. The molecule has 2 aliphatic rings. The van der Waals surface area contributed by atoms with Crippen LogP contribution in [-0.2, 0) is 9.59 Å². The second-order valence-corrected chi connectivity index (χ2v) is 9.11. The molecule has 7 heteroatoms. The van der Waals surface area contributed by atoms with Gasteiger partial charge in [-0.25, -0.2) is 0 Å². The minimum atomic E-state index is -0.163. The second-order valence-electron chi connectivity index (χ2n) is 8.67. The molecule has 1 aromatic rings. The molecule has 1 aromatic carbocycles. The van der Waals surface area contributed by atoms with Gasteiger partial charge in [0.05, 0.1) is 0 Å². The fourth-order valence-electron chi connectivity index (χ4n) is 4.47. The second kappa shape index (κ2) is 12.1. The lowest BCUT2D eigenvalue weighted by molar-refractivity contribution is -0.139. The molecule has 0 aromatic heterocycles. The van der Waals surface area contributed by atoms with E-state index in [1.54, 1.807) is 24.3 Å². The Kier molecular flexibility index (Phi) is 9.19. The van der Waals surface area contributed by atoms with Crippen LogP contribution in [0.3, 0.4) is 0 Å². The van der Waals surface area contributed by atoms with E-state index >= 15 is 0 Å². The number of hydrogen-bond donors (Lipinski definition) is 1. The van der Waals surface area contributed by atoms with Gasteiger partial charge in [0, 0.05) is 56.2 Å². The maximum atomic E-state index is 12.5. The number of halogens is 1.